The van der Waals surface area contributed by atoms with Crippen LogP contribution in [0, 0.1) is 0 Å². The van der Waals surface area contributed by atoms with E-state index in [1.165, 1.54) is 60.0 Å². The number of halogens is 1. The Morgan fingerprint density at radius 2 is 0.973 bits per heavy atom. The predicted molar refractivity (Wildman–Crippen MR) is 168 cm³/mol. The van der Waals surface area contributed by atoms with Crippen molar-refractivity contribution >= 4 is 36.7 Å². The van der Waals surface area contributed by atoms with Crippen molar-refractivity contribution in [3.8, 4) is 5.75 Å². The molecule has 194 valence electrons. The Morgan fingerprint density at radius 1 is 0.541 bits per heavy atom. The molecule has 0 bridgehead atoms. The van der Waals surface area contributed by atoms with Crippen molar-refractivity contribution in [2.45, 2.75) is 58.0 Å². The molecule has 0 aromatic heterocycles. The summed E-state index contributed by atoms with van der Waals surface area (Å²) >= 11 is 4.59. The van der Waals surface area contributed by atoms with E-state index in [1.54, 1.807) is 0 Å². The van der Waals surface area contributed by atoms with Gasteiger partial charge in [0.15, 0.2) is 0 Å². The van der Waals surface area contributed by atoms with Gasteiger partial charge in [-0.3, -0.25) is 0 Å². The molecule has 0 unspecified atom stereocenters. The average molecular weight is 576 g/mol. The van der Waals surface area contributed by atoms with Crippen LogP contribution < -0.4 is 20.7 Å². The zero-order valence-corrected chi connectivity index (χ0v) is 24.5. The standard InChI is InChI=1S/C34H40BrOP/c1-2-3-4-5-6-7-19-28-36-34-27-18-17-20-30(34)29-37(35,31-21-11-8-12-22-31,32-23-13-9-14-24-32)33-25-15-10-16-26-33/h8-18,20-27H,2-7,19,28-29H2,1H3. The molecule has 4 aromatic rings. The molecule has 0 aliphatic rings. The van der Waals surface area contributed by atoms with Gasteiger partial charge >= 0.3 is 226 Å². The molecule has 0 fully saturated rings. The van der Waals surface area contributed by atoms with E-state index in [-0.39, 0.29) is 0 Å². The number of hydrogen-bond donors (Lipinski definition) is 0. The molecule has 0 saturated heterocycles. The van der Waals surface area contributed by atoms with Gasteiger partial charge in [0, 0.05) is 0 Å². The van der Waals surface area contributed by atoms with E-state index >= 15 is 0 Å². The van der Waals surface area contributed by atoms with Crippen molar-refractivity contribution in [3.63, 3.8) is 0 Å². The fraction of sp³-hybridized carbons (Fsp3) is 0.294. The van der Waals surface area contributed by atoms with E-state index in [2.05, 4.69) is 138 Å². The molecule has 4 rings (SSSR count). The molecule has 4 aromatic carbocycles. The molecule has 0 spiro atoms. The molecule has 0 aliphatic carbocycles. The van der Waals surface area contributed by atoms with Gasteiger partial charge in [0.2, 0.25) is 0 Å². The van der Waals surface area contributed by atoms with Gasteiger partial charge in [0.1, 0.15) is 0 Å². The van der Waals surface area contributed by atoms with Gasteiger partial charge in [-0.05, 0) is 0 Å². The number of benzene rings is 4. The summed E-state index contributed by atoms with van der Waals surface area (Å²) < 4.78 is 6.46. The summed E-state index contributed by atoms with van der Waals surface area (Å²) in [6.07, 6.45) is 9.84. The van der Waals surface area contributed by atoms with E-state index in [1.807, 2.05) is 0 Å². The molecule has 0 aliphatic heterocycles. The molecule has 0 saturated carbocycles. The molecule has 0 amide bonds. The van der Waals surface area contributed by atoms with Crippen LogP contribution in [-0.4, -0.2) is 6.61 Å². The maximum absolute atomic E-state index is 6.46. The first-order valence-electron chi connectivity index (χ1n) is 13.8. The van der Waals surface area contributed by atoms with Crippen LogP contribution in [0.1, 0.15) is 57.4 Å². The second-order valence-corrected chi connectivity index (χ2v) is 18.9. The maximum atomic E-state index is 6.46. The van der Waals surface area contributed by atoms with E-state index in [4.69, 9.17) is 4.74 Å². The van der Waals surface area contributed by atoms with Crippen LogP contribution in [0.15, 0.2) is 115 Å². The van der Waals surface area contributed by atoms with Gasteiger partial charge in [0.25, 0.3) is 0 Å². The van der Waals surface area contributed by atoms with E-state index in [0.29, 0.717) is 0 Å². The van der Waals surface area contributed by atoms with Crippen molar-refractivity contribution in [3.05, 3.63) is 121 Å². The molecule has 3 heteroatoms. The van der Waals surface area contributed by atoms with Gasteiger partial charge in [-0.15, -0.1) is 0 Å². The molecule has 0 heterocycles. The third-order valence-corrected chi connectivity index (χ3v) is 16.8. The Morgan fingerprint density at radius 3 is 1.49 bits per heavy atom. The minimum atomic E-state index is -3.06. The zero-order chi connectivity index (χ0) is 25.8. The summed E-state index contributed by atoms with van der Waals surface area (Å²) in [4.78, 5) is 0. The van der Waals surface area contributed by atoms with Gasteiger partial charge in [-0.1, -0.05) is 6.92 Å². The number of rotatable bonds is 14. The van der Waals surface area contributed by atoms with Crippen molar-refractivity contribution in [2.75, 3.05) is 6.61 Å². The van der Waals surface area contributed by atoms with E-state index in [9.17, 15) is 0 Å². The van der Waals surface area contributed by atoms with Gasteiger partial charge in [-0.2, -0.15) is 0 Å². The molecule has 1 nitrogen and oxygen atoms in total. The zero-order valence-electron chi connectivity index (χ0n) is 22.1. The van der Waals surface area contributed by atoms with Gasteiger partial charge < -0.3 is 0 Å². The first-order valence-corrected chi connectivity index (χ1v) is 18.2. The monoisotopic (exact) mass is 574 g/mol. The molecule has 0 atom stereocenters. The van der Waals surface area contributed by atoms with Crippen LogP contribution in [-0.2, 0) is 6.16 Å². The number of unbranched alkanes of at least 4 members (excludes halogenated alkanes) is 6. The van der Waals surface area contributed by atoms with Crippen LogP contribution in [0.5, 0.6) is 5.75 Å². The second-order valence-electron chi connectivity index (χ2n) is 9.93. The van der Waals surface area contributed by atoms with Crippen LogP contribution in [0.25, 0.3) is 0 Å². The quantitative estimate of drug-likeness (QED) is 0.108. The summed E-state index contributed by atoms with van der Waals surface area (Å²) in [6.45, 7) is 3.04. The third-order valence-electron chi connectivity index (χ3n) is 7.33. The minimum absolute atomic E-state index is 0.769. The van der Waals surface area contributed by atoms with Crippen molar-refractivity contribution in [1.29, 1.82) is 0 Å². The van der Waals surface area contributed by atoms with Crippen molar-refractivity contribution in [2.24, 2.45) is 0 Å². The summed E-state index contributed by atoms with van der Waals surface area (Å²) in [5, 5.41) is 0.922. The Balaban J connectivity index is 1.69. The molecular formula is C34H40BrOP. The van der Waals surface area contributed by atoms with E-state index in [0.717, 1.165) is 24.9 Å². The molecule has 0 radical (unpaired) electrons. The summed E-state index contributed by atoms with van der Waals surface area (Å²) in [5.41, 5.74) is 1.25. The number of ether oxygens (including phenoxy) is 1. The fourth-order valence-electron chi connectivity index (χ4n) is 5.27. The Kier molecular flexibility index (Phi) is 10.0. The number of para-hydroxylation sites is 1. The SMILES string of the molecule is CCCCCCCCCOc1ccccc1CP(Br)(c1ccccc1)(c1ccccc1)c1ccccc1. The van der Waals surface area contributed by atoms with E-state index < -0.39 is 5.31 Å². The fourth-order valence-corrected chi connectivity index (χ4v) is 12.9. The number of hydrogen-bond acceptors (Lipinski definition) is 1. The first kappa shape index (κ1) is 27.6. The molecule has 0 N–H and O–H groups in total. The van der Waals surface area contributed by atoms with Crippen molar-refractivity contribution < 1.29 is 4.74 Å². The van der Waals surface area contributed by atoms with Crippen LogP contribution in [0.3, 0.4) is 0 Å². The van der Waals surface area contributed by atoms with Crippen LogP contribution in [0.2, 0.25) is 0 Å². The van der Waals surface area contributed by atoms with Crippen LogP contribution >= 0.6 is 20.8 Å². The average Bonchev–Trinajstić information content (AvgIpc) is 2.97. The molecular weight excluding hydrogens is 535 g/mol. The summed E-state index contributed by atoms with van der Waals surface area (Å²) in [7, 11) is 0. The van der Waals surface area contributed by atoms with Gasteiger partial charge in [-0.25, -0.2) is 0 Å². The third kappa shape index (κ3) is 6.36. The normalized spacial score (nSPS) is 12.5. The van der Waals surface area contributed by atoms with Crippen molar-refractivity contribution in [1.82, 2.24) is 0 Å². The topological polar surface area (TPSA) is 9.23 Å². The predicted octanol–water partition coefficient (Wildman–Crippen LogP) is 9.16. The molecule has 37 heavy (non-hydrogen) atoms. The summed E-state index contributed by atoms with van der Waals surface area (Å²) in [6, 6.07) is 41.6. The Bertz CT molecular complexity index is 1110. The van der Waals surface area contributed by atoms with Crippen LogP contribution in [0.4, 0.5) is 0 Å². The van der Waals surface area contributed by atoms with Gasteiger partial charge in [0.05, 0.1) is 0 Å². The Hall–Kier alpha value is -2.41. The second kappa shape index (κ2) is 13.4. The summed E-state index contributed by atoms with van der Waals surface area (Å²) in [5.74, 6) is 1.00. The Labute approximate surface area is 232 Å². The first-order chi connectivity index (χ1) is 18.2.